The number of ether oxygens (including phenoxy) is 1. The second-order valence-corrected chi connectivity index (χ2v) is 6.17. The van der Waals surface area contributed by atoms with Gasteiger partial charge in [0, 0.05) is 18.3 Å². The Bertz CT molecular complexity index is 1050. The van der Waals surface area contributed by atoms with Crippen molar-refractivity contribution in [1.82, 2.24) is 24.7 Å². The summed E-state index contributed by atoms with van der Waals surface area (Å²) < 4.78 is 11.4. The highest BCUT2D eigenvalue weighted by Crippen LogP contribution is 2.34. The molecule has 4 rings (SSSR count). The summed E-state index contributed by atoms with van der Waals surface area (Å²) in [4.78, 5) is 37.4. The zero-order valence-corrected chi connectivity index (χ0v) is 14.6. The first-order chi connectivity index (χ1) is 13.1. The molecule has 3 aromatic rings. The molecule has 0 unspecified atom stereocenters. The van der Waals surface area contributed by atoms with Crippen LogP contribution in [0.1, 0.15) is 31.1 Å². The summed E-state index contributed by atoms with van der Waals surface area (Å²) >= 11 is 0. The quantitative estimate of drug-likeness (QED) is 0.684. The summed E-state index contributed by atoms with van der Waals surface area (Å²) in [6, 6.07) is 2.83. The first-order valence-electron chi connectivity index (χ1n) is 8.29. The smallest absolute Gasteiger partial charge is 0.329 e. The van der Waals surface area contributed by atoms with Gasteiger partial charge in [0.2, 0.25) is 0 Å². The second-order valence-electron chi connectivity index (χ2n) is 6.17. The van der Waals surface area contributed by atoms with Gasteiger partial charge in [-0.25, -0.2) is 9.78 Å². The van der Waals surface area contributed by atoms with Crippen molar-refractivity contribution in [3.8, 4) is 11.5 Å². The normalized spacial score (nSPS) is 18.1. The SMILES string of the molecule is COC(=O)[C@@H]1C[C@@H](C)c2ncc(Nc3noc(-c4cccnc4)n3)c(=O)n21. The number of fused-ring (bicyclic) bond motifs is 1. The van der Waals surface area contributed by atoms with Crippen molar-refractivity contribution in [3.63, 3.8) is 0 Å². The monoisotopic (exact) mass is 368 g/mol. The van der Waals surface area contributed by atoms with Gasteiger partial charge in [-0.2, -0.15) is 4.98 Å². The molecule has 1 aliphatic rings. The first kappa shape index (κ1) is 16.9. The number of carbonyl (C=O) groups is 1. The van der Waals surface area contributed by atoms with Gasteiger partial charge in [0.15, 0.2) is 0 Å². The van der Waals surface area contributed by atoms with Gasteiger partial charge in [-0.1, -0.05) is 6.92 Å². The third-order valence-corrected chi connectivity index (χ3v) is 4.41. The predicted octanol–water partition coefficient (Wildman–Crippen LogP) is 1.65. The van der Waals surface area contributed by atoms with Crippen molar-refractivity contribution in [2.45, 2.75) is 25.3 Å². The van der Waals surface area contributed by atoms with E-state index >= 15 is 0 Å². The van der Waals surface area contributed by atoms with E-state index in [1.807, 2.05) is 6.92 Å². The maximum Gasteiger partial charge on any atom is 0.329 e. The summed E-state index contributed by atoms with van der Waals surface area (Å²) in [5.74, 6) is 0.415. The lowest BCUT2D eigenvalue weighted by atomic mass is 10.1. The van der Waals surface area contributed by atoms with Gasteiger partial charge in [0.25, 0.3) is 17.4 Å². The number of nitrogens with zero attached hydrogens (tertiary/aromatic N) is 5. The standard InChI is InChI=1S/C17H16N6O4/c1-9-6-12(16(25)26-2)23-13(9)19-8-11(15(23)24)20-17-21-14(27-22-17)10-4-3-5-18-7-10/h3-5,7-9,12H,6H2,1-2H3,(H,20,22)/t9-,12+/m1/s1. The Hall–Kier alpha value is -3.56. The third kappa shape index (κ3) is 2.94. The first-order valence-corrected chi connectivity index (χ1v) is 8.29. The maximum absolute atomic E-state index is 12.9. The molecule has 0 fully saturated rings. The van der Waals surface area contributed by atoms with Gasteiger partial charge in [0.1, 0.15) is 17.6 Å². The number of aromatic nitrogens is 5. The summed E-state index contributed by atoms with van der Waals surface area (Å²) in [5, 5.41) is 6.62. The third-order valence-electron chi connectivity index (χ3n) is 4.41. The lowest BCUT2D eigenvalue weighted by Crippen LogP contribution is -2.30. The Balaban J connectivity index is 1.66. The van der Waals surface area contributed by atoms with Crippen LogP contribution in [0.4, 0.5) is 11.6 Å². The number of methoxy groups -OCH3 is 1. The fraction of sp³-hybridized carbons (Fsp3) is 0.294. The molecule has 0 bridgehead atoms. The second kappa shape index (κ2) is 6.63. The van der Waals surface area contributed by atoms with E-state index in [-0.39, 0.29) is 23.4 Å². The number of carbonyl (C=O) groups excluding carboxylic acids is 1. The number of anilines is 2. The predicted molar refractivity (Wildman–Crippen MR) is 93.4 cm³/mol. The molecule has 1 N–H and O–H groups in total. The topological polar surface area (TPSA) is 125 Å². The zero-order chi connectivity index (χ0) is 19.0. The van der Waals surface area contributed by atoms with Crippen LogP contribution in [0.2, 0.25) is 0 Å². The highest BCUT2D eigenvalue weighted by atomic mass is 16.5. The van der Waals surface area contributed by atoms with Gasteiger partial charge in [-0.05, 0) is 23.7 Å². The van der Waals surface area contributed by atoms with Crippen molar-refractivity contribution < 1.29 is 14.1 Å². The molecule has 2 atom stereocenters. The summed E-state index contributed by atoms with van der Waals surface area (Å²) in [7, 11) is 1.30. The van der Waals surface area contributed by atoms with E-state index in [9.17, 15) is 9.59 Å². The molecule has 1 aliphatic heterocycles. The van der Waals surface area contributed by atoms with Crippen LogP contribution >= 0.6 is 0 Å². The minimum atomic E-state index is -0.696. The minimum Gasteiger partial charge on any atom is -0.467 e. The highest BCUT2D eigenvalue weighted by Gasteiger charge is 2.36. The van der Waals surface area contributed by atoms with Gasteiger partial charge >= 0.3 is 5.97 Å². The number of esters is 1. The molecule has 27 heavy (non-hydrogen) atoms. The van der Waals surface area contributed by atoms with Crippen LogP contribution < -0.4 is 10.9 Å². The molecule has 0 radical (unpaired) electrons. The number of hydrogen-bond acceptors (Lipinski definition) is 9. The molecule has 0 aromatic carbocycles. The summed E-state index contributed by atoms with van der Waals surface area (Å²) in [5.41, 5.74) is 0.397. The number of rotatable bonds is 4. The number of nitrogens with one attached hydrogen (secondary N) is 1. The molecule has 10 heteroatoms. The van der Waals surface area contributed by atoms with Gasteiger partial charge in [-0.15, -0.1) is 0 Å². The van der Waals surface area contributed by atoms with Crippen LogP contribution in [0.5, 0.6) is 0 Å². The van der Waals surface area contributed by atoms with Crippen LogP contribution in [0.15, 0.2) is 40.0 Å². The van der Waals surface area contributed by atoms with E-state index in [0.717, 1.165) is 0 Å². The molecule has 3 aromatic heterocycles. The van der Waals surface area contributed by atoms with Crippen LogP contribution in [-0.4, -0.2) is 37.8 Å². The van der Waals surface area contributed by atoms with E-state index in [4.69, 9.17) is 9.26 Å². The molecule has 138 valence electrons. The Labute approximate surface area is 153 Å². The Morgan fingerprint density at radius 1 is 1.41 bits per heavy atom. The van der Waals surface area contributed by atoms with Crippen LogP contribution in [0.25, 0.3) is 11.5 Å². The van der Waals surface area contributed by atoms with Crippen molar-refractivity contribution in [1.29, 1.82) is 0 Å². The minimum absolute atomic E-state index is 0.0294. The molecule has 10 nitrogen and oxygen atoms in total. The van der Waals surface area contributed by atoms with Crippen molar-refractivity contribution in [2.75, 3.05) is 12.4 Å². The van der Waals surface area contributed by atoms with Crippen molar-refractivity contribution in [3.05, 3.63) is 46.9 Å². The fourth-order valence-electron chi connectivity index (χ4n) is 3.12. The van der Waals surface area contributed by atoms with E-state index in [0.29, 0.717) is 17.8 Å². The molecular formula is C17H16N6O4. The summed E-state index contributed by atoms with van der Waals surface area (Å²) in [6.45, 7) is 1.91. The Morgan fingerprint density at radius 2 is 2.26 bits per heavy atom. The number of hydrogen-bond donors (Lipinski definition) is 1. The molecule has 0 amide bonds. The lowest BCUT2D eigenvalue weighted by molar-refractivity contribution is -0.144. The van der Waals surface area contributed by atoms with Crippen LogP contribution in [-0.2, 0) is 9.53 Å². The average molecular weight is 368 g/mol. The highest BCUT2D eigenvalue weighted by molar-refractivity contribution is 5.75. The largest absolute Gasteiger partial charge is 0.467 e. The Kier molecular flexibility index (Phi) is 4.15. The molecule has 4 heterocycles. The molecule has 0 spiro atoms. The van der Waals surface area contributed by atoms with E-state index in [1.165, 1.54) is 17.9 Å². The van der Waals surface area contributed by atoms with E-state index < -0.39 is 17.6 Å². The van der Waals surface area contributed by atoms with Crippen molar-refractivity contribution in [2.24, 2.45) is 0 Å². The molecule has 0 saturated carbocycles. The fourth-order valence-corrected chi connectivity index (χ4v) is 3.12. The maximum atomic E-state index is 12.9. The van der Waals surface area contributed by atoms with Crippen LogP contribution in [0, 0.1) is 0 Å². The molecular weight excluding hydrogens is 352 g/mol. The van der Waals surface area contributed by atoms with E-state index in [2.05, 4.69) is 25.4 Å². The van der Waals surface area contributed by atoms with Gasteiger partial charge < -0.3 is 14.6 Å². The van der Waals surface area contributed by atoms with Gasteiger partial charge in [-0.3, -0.25) is 14.3 Å². The Morgan fingerprint density at radius 3 is 3.00 bits per heavy atom. The average Bonchev–Trinajstić information content (AvgIpc) is 3.29. The summed E-state index contributed by atoms with van der Waals surface area (Å²) in [6.07, 6.45) is 5.09. The van der Waals surface area contributed by atoms with Gasteiger partial charge in [0.05, 0.1) is 18.9 Å². The lowest BCUT2D eigenvalue weighted by Gasteiger charge is -2.12. The molecule has 0 aliphatic carbocycles. The van der Waals surface area contributed by atoms with E-state index in [1.54, 1.807) is 24.5 Å². The zero-order valence-electron chi connectivity index (χ0n) is 14.6. The van der Waals surface area contributed by atoms with Crippen LogP contribution in [0.3, 0.4) is 0 Å². The number of pyridine rings is 1. The molecule has 0 saturated heterocycles. The van der Waals surface area contributed by atoms with Crippen molar-refractivity contribution >= 4 is 17.6 Å².